The summed E-state index contributed by atoms with van der Waals surface area (Å²) in [7, 11) is 0. The van der Waals surface area contributed by atoms with Crippen LogP contribution in [0.3, 0.4) is 0 Å². The molecule has 1 aromatic heterocycles. The van der Waals surface area contributed by atoms with E-state index < -0.39 is 5.60 Å². The van der Waals surface area contributed by atoms with Gasteiger partial charge in [0.25, 0.3) is 0 Å². The molecular formula is C10H15NO2. The molecular weight excluding hydrogens is 166 g/mol. The second-order valence-corrected chi connectivity index (χ2v) is 3.77. The fourth-order valence-electron chi connectivity index (χ4n) is 1.90. The van der Waals surface area contributed by atoms with Crippen molar-refractivity contribution in [1.82, 2.24) is 5.32 Å². The van der Waals surface area contributed by atoms with E-state index in [1.54, 1.807) is 19.3 Å². The maximum atomic E-state index is 10.2. The zero-order chi connectivity index (χ0) is 9.31. The first kappa shape index (κ1) is 8.78. The molecule has 2 unspecified atom stereocenters. The van der Waals surface area contributed by atoms with Gasteiger partial charge in [-0.15, -0.1) is 0 Å². The first-order chi connectivity index (χ1) is 6.21. The van der Waals surface area contributed by atoms with Crippen LogP contribution in [0.5, 0.6) is 0 Å². The van der Waals surface area contributed by atoms with Gasteiger partial charge in [0.15, 0.2) is 0 Å². The normalized spacial score (nSPS) is 27.4. The van der Waals surface area contributed by atoms with Crippen LogP contribution in [0.1, 0.15) is 25.5 Å². The highest BCUT2D eigenvalue weighted by atomic mass is 16.4. The maximum Gasteiger partial charge on any atom is 0.136 e. The molecule has 0 aromatic carbocycles. The fraction of sp³-hybridized carbons (Fsp3) is 0.600. The van der Waals surface area contributed by atoms with Crippen molar-refractivity contribution in [2.24, 2.45) is 0 Å². The molecule has 13 heavy (non-hydrogen) atoms. The Morgan fingerprint density at radius 3 is 3.08 bits per heavy atom. The van der Waals surface area contributed by atoms with Gasteiger partial charge >= 0.3 is 0 Å². The predicted molar refractivity (Wildman–Crippen MR) is 49.3 cm³/mol. The van der Waals surface area contributed by atoms with E-state index in [9.17, 15) is 5.11 Å². The highest BCUT2D eigenvalue weighted by Gasteiger charge is 2.37. The molecule has 0 radical (unpaired) electrons. The van der Waals surface area contributed by atoms with Gasteiger partial charge in [0, 0.05) is 6.04 Å². The molecule has 2 rings (SSSR count). The summed E-state index contributed by atoms with van der Waals surface area (Å²) in [6.45, 7) is 2.79. The van der Waals surface area contributed by atoms with Gasteiger partial charge in [-0.1, -0.05) is 0 Å². The molecule has 1 fully saturated rings. The smallest absolute Gasteiger partial charge is 0.136 e. The summed E-state index contributed by atoms with van der Waals surface area (Å²) >= 11 is 0. The van der Waals surface area contributed by atoms with Crippen molar-refractivity contribution in [3.8, 4) is 0 Å². The van der Waals surface area contributed by atoms with Crippen LogP contribution >= 0.6 is 0 Å². The van der Waals surface area contributed by atoms with Gasteiger partial charge in [0.1, 0.15) is 11.4 Å². The molecule has 0 saturated carbocycles. The van der Waals surface area contributed by atoms with Crippen LogP contribution in [-0.4, -0.2) is 17.7 Å². The first-order valence-corrected chi connectivity index (χ1v) is 4.71. The van der Waals surface area contributed by atoms with Crippen LogP contribution in [0.25, 0.3) is 0 Å². The van der Waals surface area contributed by atoms with Crippen LogP contribution in [-0.2, 0) is 5.60 Å². The van der Waals surface area contributed by atoms with Crippen molar-refractivity contribution >= 4 is 0 Å². The molecule has 0 bridgehead atoms. The first-order valence-electron chi connectivity index (χ1n) is 4.71. The van der Waals surface area contributed by atoms with Crippen LogP contribution < -0.4 is 5.32 Å². The molecule has 2 atom stereocenters. The molecule has 0 amide bonds. The number of furan rings is 1. The molecule has 0 aliphatic carbocycles. The lowest BCUT2D eigenvalue weighted by molar-refractivity contribution is 0.00137. The van der Waals surface area contributed by atoms with E-state index in [2.05, 4.69) is 5.32 Å². The Bertz CT molecular complexity index is 260. The minimum Gasteiger partial charge on any atom is -0.466 e. The molecule has 1 aliphatic rings. The summed E-state index contributed by atoms with van der Waals surface area (Å²) in [6, 6.07) is 3.75. The topological polar surface area (TPSA) is 45.4 Å². The minimum atomic E-state index is -0.875. The van der Waals surface area contributed by atoms with E-state index in [0.29, 0.717) is 5.76 Å². The SMILES string of the molecule is CC(O)(c1ccco1)C1CCCN1. The van der Waals surface area contributed by atoms with Crippen LogP contribution in [0.4, 0.5) is 0 Å². The third kappa shape index (κ3) is 1.49. The maximum absolute atomic E-state index is 10.2. The Morgan fingerprint density at radius 1 is 1.69 bits per heavy atom. The molecule has 1 aliphatic heterocycles. The van der Waals surface area contributed by atoms with Gasteiger partial charge in [-0.2, -0.15) is 0 Å². The Hall–Kier alpha value is -0.800. The van der Waals surface area contributed by atoms with Crippen molar-refractivity contribution in [2.75, 3.05) is 6.54 Å². The predicted octanol–water partition coefficient (Wildman–Crippen LogP) is 1.24. The summed E-state index contributed by atoms with van der Waals surface area (Å²) < 4.78 is 5.22. The lowest BCUT2D eigenvalue weighted by Gasteiger charge is -2.27. The standard InChI is InChI=1S/C10H15NO2/c1-10(12,8-4-2-6-11-8)9-5-3-7-13-9/h3,5,7-8,11-12H,2,4,6H2,1H3. The van der Waals surface area contributed by atoms with E-state index >= 15 is 0 Å². The van der Waals surface area contributed by atoms with E-state index in [1.165, 1.54) is 0 Å². The molecule has 3 heteroatoms. The van der Waals surface area contributed by atoms with Crippen molar-refractivity contribution in [2.45, 2.75) is 31.4 Å². The van der Waals surface area contributed by atoms with E-state index in [1.807, 2.05) is 6.07 Å². The highest BCUT2D eigenvalue weighted by molar-refractivity contribution is 5.12. The zero-order valence-electron chi connectivity index (χ0n) is 7.79. The molecule has 2 heterocycles. The minimum absolute atomic E-state index is 0.124. The Labute approximate surface area is 77.8 Å². The monoisotopic (exact) mass is 181 g/mol. The van der Waals surface area contributed by atoms with Gasteiger partial charge in [-0.25, -0.2) is 0 Å². The van der Waals surface area contributed by atoms with Crippen LogP contribution in [0.2, 0.25) is 0 Å². The average molecular weight is 181 g/mol. The third-order valence-corrected chi connectivity index (χ3v) is 2.76. The third-order valence-electron chi connectivity index (χ3n) is 2.76. The van der Waals surface area contributed by atoms with E-state index in [4.69, 9.17) is 4.42 Å². The lowest BCUT2D eigenvalue weighted by Crippen LogP contribution is -2.42. The van der Waals surface area contributed by atoms with Crippen molar-refractivity contribution in [3.05, 3.63) is 24.2 Å². The van der Waals surface area contributed by atoms with Gasteiger partial charge < -0.3 is 14.8 Å². The number of nitrogens with one attached hydrogen (secondary N) is 1. The van der Waals surface area contributed by atoms with Crippen LogP contribution in [0.15, 0.2) is 22.8 Å². The number of rotatable bonds is 2. The molecule has 1 aromatic rings. The molecule has 2 N–H and O–H groups in total. The summed E-state index contributed by atoms with van der Waals surface area (Å²) in [6.07, 6.45) is 3.73. The number of aliphatic hydroxyl groups is 1. The second kappa shape index (κ2) is 3.16. The Balaban J connectivity index is 2.19. The van der Waals surface area contributed by atoms with Gasteiger partial charge in [-0.05, 0) is 38.4 Å². The van der Waals surface area contributed by atoms with Crippen LogP contribution in [0, 0.1) is 0 Å². The summed E-state index contributed by atoms with van der Waals surface area (Å²) in [4.78, 5) is 0. The molecule has 0 spiro atoms. The average Bonchev–Trinajstić information content (AvgIpc) is 2.78. The van der Waals surface area contributed by atoms with Crippen molar-refractivity contribution < 1.29 is 9.52 Å². The van der Waals surface area contributed by atoms with Crippen molar-refractivity contribution in [1.29, 1.82) is 0 Å². The number of hydrogen-bond acceptors (Lipinski definition) is 3. The quantitative estimate of drug-likeness (QED) is 0.721. The van der Waals surface area contributed by atoms with E-state index in [-0.39, 0.29) is 6.04 Å². The molecule has 1 saturated heterocycles. The van der Waals surface area contributed by atoms with Gasteiger partial charge in [0.2, 0.25) is 0 Å². The Morgan fingerprint density at radius 2 is 2.54 bits per heavy atom. The summed E-state index contributed by atoms with van der Waals surface area (Å²) in [5.41, 5.74) is -0.875. The fourth-order valence-corrected chi connectivity index (χ4v) is 1.90. The van der Waals surface area contributed by atoms with Gasteiger partial charge in [-0.3, -0.25) is 0 Å². The summed E-state index contributed by atoms with van der Waals surface area (Å²) in [5.74, 6) is 0.645. The largest absolute Gasteiger partial charge is 0.466 e. The lowest BCUT2D eigenvalue weighted by atomic mass is 9.92. The highest BCUT2D eigenvalue weighted by Crippen LogP contribution is 2.29. The molecule has 3 nitrogen and oxygen atoms in total. The zero-order valence-corrected chi connectivity index (χ0v) is 7.79. The second-order valence-electron chi connectivity index (χ2n) is 3.77. The summed E-state index contributed by atoms with van der Waals surface area (Å²) in [5, 5.41) is 13.5. The van der Waals surface area contributed by atoms with Crippen molar-refractivity contribution in [3.63, 3.8) is 0 Å². The Kier molecular flexibility index (Phi) is 2.14. The molecule has 72 valence electrons. The van der Waals surface area contributed by atoms with Gasteiger partial charge in [0.05, 0.1) is 6.26 Å². The van der Waals surface area contributed by atoms with E-state index in [0.717, 1.165) is 19.4 Å². The number of hydrogen-bond donors (Lipinski definition) is 2.